The molecule has 0 aliphatic rings. The summed E-state index contributed by atoms with van der Waals surface area (Å²) in [5.41, 5.74) is 6.39. The maximum absolute atomic E-state index is 12.0. The van der Waals surface area contributed by atoms with Gasteiger partial charge in [-0.05, 0) is 5.56 Å². The smallest absolute Gasteiger partial charge is 0.334 e. The molecular weight excluding hydrogens is 248 g/mol. The van der Waals surface area contributed by atoms with Crippen LogP contribution in [0, 0.1) is 0 Å². The zero-order valence-electron chi connectivity index (χ0n) is 10.7. The van der Waals surface area contributed by atoms with E-state index in [1.807, 2.05) is 30.3 Å². The van der Waals surface area contributed by atoms with Gasteiger partial charge in [0, 0.05) is 13.7 Å². The Morgan fingerprint density at radius 2 is 2.00 bits per heavy atom. The van der Waals surface area contributed by atoms with Gasteiger partial charge >= 0.3 is 5.97 Å². The molecule has 0 radical (unpaired) electrons. The summed E-state index contributed by atoms with van der Waals surface area (Å²) in [6, 6.07) is 9.10. The number of hydrogen-bond donors (Lipinski definition) is 3. The lowest BCUT2D eigenvalue weighted by atomic mass is 9.98. The van der Waals surface area contributed by atoms with Crippen molar-refractivity contribution in [3.05, 3.63) is 35.9 Å². The first kappa shape index (κ1) is 15.1. The zero-order chi connectivity index (χ0) is 14.3. The SMILES string of the molecule is COC(CNC(=O)C(CN)c1ccccc1)C(=O)O. The van der Waals surface area contributed by atoms with E-state index in [0.29, 0.717) is 0 Å². The van der Waals surface area contributed by atoms with Crippen molar-refractivity contribution in [2.45, 2.75) is 12.0 Å². The van der Waals surface area contributed by atoms with Gasteiger partial charge in [-0.15, -0.1) is 0 Å². The molecule has 1 rings (SSSR count). The predicted molar refractivity (Wildman–Crippen MR) is 69.7 cm³/mol. The van der Waals surface area contributed by atoms with Gasteiger partial charge in [-0.3, -0.25) is 4.79 Å². The third kappa shape index (κ3) is 4.35. The number of carboxylic acid groups (broad SMARTS) is 1. The standard InChI is InChI=1S/C13H18N2O4/c1-19-11(13(17)18)8-15-12(16)10(7-14)9-5-3-2-4-6-9/h2-6,10-11H,7-8,14H2,1H3,(H,15,16)(H,17,18). The van der Waals surface area contributed by atoms with Crippen LogP contribution < -0.4 is 11.1 Å². The van der Waals surface area contributed by atoms with Gasteiger partial charge in [0.15, 0.2) is 6.10 Å². The number of nitrogens with one attached hydrogen (secondary N) is 1. The number of carboxylic acids is 1. The van der Waals surface area contributed by atoms with Crippen LogP contribution in [0.15, 0.2) is 30.3 Å². The zero-order valence-corrected chi connectivity index (χ0v) is 10.7. The molecular formula is C13H18N2O4. The lowest BCUT2D eigenvalue weighted by Crippen LogP contribution is -2.41. The molecule has 0 fully saturated rings. The lowest BCUT2D eigenvalue weighted by Gasteiger charge is -2.17. The van der Waals surface area contributed by atoms with Gasteiger partial charge < -0.3 is 20.9 Å². The van der Waals surface area contributed by atoms with E-state index >= 15 is 0 Å². The fourth-order valence-electron chi connectivity index (χ4n) is 1.67. The molecule has 1 aromatic carbocycles. The molecule has 4 N–H and O–H groups in total. The fourth-order valence-corrected chi connectivity index (χ4v) is 1.67. The van der Waals surface area contributed by atoms with E-state index < -0.39 is 18.0 Å². The molecule has 104 valence electrons. The number of hydrogen-bond acceptors (Lipinski definition) is 4. The summed E-state index contributed by atoms with van der Waals surface area (Å²) in [5.74, 6) is -1.92. The Balaban J connectivity index is 2.63. The van der Waals surface area contributed by atoms with E-state index in [1.165, 1.54) is 7.11 Å². The van der Waals surface area contributed by atoms with Crippen LogP contribution in [0.5, 0.6) is 0 Å². The summed E-state index contributed by atoms with van der Waals surface area (Å²) in [6.45, 7) is 0.0641. The third-order valence-electron chi connectivity index (χ3n) is 2.78. The summed E-state index contributed by atoms with van der Waals surface area (Å²) >= 11 is 0. The van der Waals surface area contributed by atoms with Crippen molar-refractivity contribution in [1.82, 2.24) is 5.32 Å². The van der Waals surface area contributed by atoms with Crippen molar-refractivity contribution in [2.24, 2.45) is 5.73 Å². The van der Waals surface area contributed by atoms with Gasteiger partial charge in [0.05, 0.1) is 12.5 Å². The van der Waals surface area contributed by atoms with Crippen LogP contribution >= 0.6 is 0 Å². The third-order valence-corrected chi connectivity index (χ3v) is 2.78. The van der Waals surface area contributed by atoms with Crippen LogP contribution in [0.4, 0.5) is 0 Å². The van der Waals surface area contributed by atoms with E-state index in [4.69, 9.17) is 15.6 Å². The van der Waals surface area contributed by atoms with E-state index in [-0.39, 0.29) is 19.0 Å². The highest BCUT2D eigenvalue weighted by molar-refractivity contribution is 5.84. The van der Waals surface area contributed by atoms with E-state index in [9.17, 15) is 9.59 Å². The van der Waals surface area contributed by atoms with E-state index in [2.05, 4.69) is 5.32 Å². The lowest BCUT2D eigenvalue weighted by molar-refractivity contribution is -0.148. The highest BCUT2D eigenvalue weighted by Crippen LogP contribution is 2.14. The summed E-state index contributed by atoms with van der Waals surface area (Å²) < 4.78 is 4.74. The van der Waals surface area contributed by atoms with E-state index in [1.54, 1.807) is 0 Å². The molecule has 6 nitrogen and oxygen atoms in total. The number of methoxy groups -OCH3 is 1. The summed E-state index contributed by atoms with van der Waals surface area (Å²) in [5, 5.41) is 11.3. The minimum absolute atomic E-state index is 0.0893. The van der Waals surface area contributed by atoms with Crippen molar-refractivity contribution < 1.29 is 19.4 Å². The van der Waals surface area contributed by atoms with Crippen molar-refractivity contribution in [1.29, 1.82) is 0 Å². The highest BCUT2D eigenvalue weighted by Gasteiger charge is 2.22. The minimum atomic E-state index is -1.12. The highest BCUT2D eigenvalue weighted by atomic mass is 16.5. The second kappa shape index (κ2) is 7.50. The fraction of sp³-hybridized carbons (Fsp3) is 0.385. The van der Waals surface area contributed by atoms with Gasteiger partial charge in [0.2, 0.25) is 5.91 Å². The summed E-state index contributed by atoms with van der Waals surface area (Å²) in [4.78, 5) is 22.7. The first-order chi connectivity index (χ1) is 9.10. The first-order valence-corrected chi connectivity index (χ1v) is 5.88. The molecule has 1 aromatic rings. The van der Waals surface area contributed by atoms with Crippen molar-refractivity contribution in [3.63, 3.8) is 0 Å². The second-order valence-corrected chi connectivity index (χ2v) is 4.01. The Bertz CT molecular complexity index is 422. The molecule has 0 spiro atoms. The normalized spacial score (nSPS) is 13.6. The number of aliphatic carboxylic acids is 1. The second-order valence-electron chi connectivity index (χ2n) is 4.01. The van der Waals surface area contributed by atoms with Crippen molar-refractivity contribution in [2.75, 3.05) is 20.2 Å². The molecule has 6 heteroatoms. The van der Waals surface area contributed by atoms with Gasteiger partial charge in [-0.25, -0.2) is 4.79 Å². The number of ether oxygens (including phenoxy) is 1. The monoisotopic (exact) mass is 266 g/mol. The number of nitrogens with two attached hydrogens (primary N) is 1. The molecule has 0 aliphatic carbocycles. The van der Waals surface area contributed by atoms with Crippen LogP contribution in [0.1, 0.15) is 11.5 Å². The molecule has 19 heavy (non-hydrogen) atoms. The number of carbonyl (C=O) groups excluding carboxylic acids is 1. The molecule has 0 heterocycles. The molecule has 1 amide bonds. The Kier molecular flexibility index (Phi) is 5.98. The molecule has 0 aliphatic heterocycles. The van der Waals surface area contributed by atoms with Crippen LogP contribution in [0.25, 0.3) is 0 Å². The Labute approximate surface area is 111 Å². The van der Waals surface area contributed by atoms with Gasteiger partial charge in [-0.1, -0.05) is 30.3 Å². The maximum Gasteiger partial charge on any atom is 0.334 e. The van der Waals surface area contributed by atoms with Crippen molar-refractivity contribution in [3.8, 4) is 0 Å². The number of rotatable bonds is 7. The maximum atomic E-state index is 12.0. The molecule has 0 bridgehead atoms. The van der Waals surface area contributed by atoms with Crippen LogP contribution in [-0.2, 0) is 14.3 Å². The largest absolute Gasteiger partial charge is 0.479 e. The molecule has 0 saturated carbocycles. The first-order valence-electron chi connectivity index (χ1n) is 5.88. The number of benzene rings is 1. The Morgan fingerprint density at radius 3 is 2.47 bits per heavy atom. The quantitative estimate of drug-likeness (QED) is 0.642. The predicted octanol–water partition coefficient (Wildman–Crippen LogP) is -0.0553. The van der Waals surface area contributed by atoms with Gasteiger partial charge in [0.25, 0.3) is 0 Å². The summed E-state index contributed by atoms with van der Waals surface area (Å²) in [7, 11) is 1.28. The number of carbonyl (C=O) groups is 2. The summed E-state index contributed by atoms with van der Waals surface area (Å²) in [6.07, 6.45) is -1.06. The van der Waals surface area contributed by atoms with Crippen LogP contribution in [-0.4, -0.2) is 43.3 Å². The molecule has 2 atom stereocenters. The molecule has 2 unspecified atom stereocenters. The van der Waals surface area contributed by atoms with E-state index in [0.717, 1.165) is 5.56 Å². The van der Waals surface area contributed by atoms with Crippen molar-refractivity contribution >= 4 is 11.9 Å². The van der Waals surface area contributed by atoms with Gasteiger partial charge in [-0.2, -0.15) is 0 Å². The topological polar surface area (TPSA) is 102 Å². The molecule has 0 aromatic heterocycles. The minimum Gasteiger partial charge on any atom is -0.479 e. The Hall–Kier alpha value is -1.92. The van der Waals surface area contributed by atoms with Crippen LogP contribution in [0.3, 0.4) is 0 Å². The average Bonchev–Trinajstić information content (AvgIpc) is 2.41. The Morgan fingerprint density at radius 1 is 1.37 bits per heavy atom. The molecule has 0 saturated heterocycles. The van der Waals surface area contributed by atoms with Crippen LogP contribution in [0.2, 0.25) is 0 Å². The number of amides is 1. The average molecular weight is 266 g/mol. The van der Waals surface area contributed by atoms with Gasteiger partial charge in [0.1, 0.15) is 0 Å².